The number of unbranched alkanes of at least 4 members (excludes halogenated alkanes) is 26. The maximum atomic E-state index is 12.5. The number of esters is 1. The first kappa shape index (κ1) is 48.2. The first-order valence-electron chi connectivity index (χ1n) is 21.6. The summed E-state index contributed by atoms with van der Waals surface area (Å²) in [5, 5.41) is 39.8. The molecular formula is C42H82O9. The SMILES string of the molecule is CCCCCCCCCCCCCCCCCCCCCCCCCCOCC(COC1OC(CO)C(O)C(O)C1O)OC(=O)CCCCCC. The Hall–Kier alpha value is -0.810. The third-order valence-electron chi connectivity index (χ3n) is 10.3. The number of hydrogen-bond donors (Lipinski definition) is 4. The molecule has 9 heteroatoms. The molecule has 9 nitrogen and oxygen atoms in total. The Morgan fingerprint density at radius 3 is 1.39 bits per heavy atom. The molecule has 0 spiro atoms. The van der Waals surface area contributed by atoms with E-state index in [2.05, 4.69) is 13.8 Å². The molecule has 6 unspecified atom stereocenters. The van der Waals surface area contributed by atoms with E-state index in [0.717, 1.165) is 38.5 Å². The molecule has 6 atom stereocenters. The number of aliphatic hydroxyl groups is 4. The van der Waals surface area contributed by atoms with Crippen molar-refractivity contribution < 1.29 is 44.2 Å². The first-order chi connectivity index (χ1) is 24.9. The summed E-state index contributed by atoms with van der Waals surface area (Å²) in [6.07, 6.45) is 29.3. The van der Waals surface area contributed by atoms with Gasteiger partial charge in [-0.05, 0) is 12.8 Å². The fraction of sp³-hybridized carbons (Fsp3) is 0.976. The van der Waals surface area contributed by atoms with Gasteiger partial charge in [-0.25, -0.2) is 0 Å². The summed E-state index contributed by atoms with van der Waals surface area (Å²) in [7, 11) is 0. The maximum Gasteiger partial charge on any atom is 0.306 e. The van der Waals surface area contributed by atoms with Crippen molar-refractivity contribution >= 4 is 5.97 Å². The summed E-state index contributed by atoms with van der Waals surface area (Å²) in [5.41, 5.74) is 0. The molecule has 1 saturated heterocycles. The molecule has 0 amide bonds. The van der Waals surface area contributed by atoms with E-state index >= 15 is 0 Å². The van der Waals surface area contributed by atoms with E-state index < -0.39 is 43.4 Å². The molecule has 1 fully saturated rings. The monoisotopic (exact) mass is 731 g/mol. The first-order valence-corrected chi connectivity index (χ1v) is 21.6. The van der Waals surface area contributed by atoms with Gasteiger partial charge in [0.25, 0.3) is 0 Å². The zero-order valence-corrected chi connectivity index (χ0v) is 33.1. The lowest BCUT2D eigenvalue weighted by Gasteiger charge is -2.39. The van der Waals surface area contributed by atoms with Gasteiger partial charge in [0.1, 0.15) is 30.5 Å². The molecule has 0 radical (unpaired) electrons. The molecule has 304 valence electrons. The van der Waals surface area contributed by atoms with Crippen LogP contribution in [0.5, 0.6) is 0 Å². The van der Waals surface area contributed by atoms with Crippen LogP contribution in [-0.2, 0) is 23.7 Å². The third-order valence-corrected chi connectivity index (χ3v) is 10.3. The van der Waals surface area contributed by atoms with Gasteiger partial charge >= 0.3 is 5.97 Å². The molecule has 0 aromatic heterocycles. The molecule has 1 rings (SSSR count). The van der Waals surface area contributed by atoms with Gasteiger partial charge in [-0.1, -0.05) is 181 Å². The molecule has 1 heterocycles. The second-order valence-corrected chi connectivity index (χ2v) is 15.2. The summed E-state index contributed by atoms with van der Waals surface area (Å²) in [6, 6.07) is 0. The topological polar surface area (TPSA) is 135 Å². The minimum atomic E-state index is -1.53. The lowest BCUT2D eigenvalue weighted by Crippen LogP contribution is -2.59. The Labute approximate surface area is 312 Å². The molecule has 0 aromatic carbocycles. The molecule has 51 heavy (non-hydrogen) atoms. The van der Waals surface area contributed by atoms with Crippen LogP contribution >= 0.6 is 0 Å². The summed E-state index contributed by atoms with van der Waals surface area (Å²) >= 11 is 0. The zero-order chi connectivity index (χ0) is 37.2. The number of rotatable bonds is 37. The number of carbonyl (C=O) groups excluding carboxylic acids is 1. The van der Waals surface area contributed by atoms with Crippen LogP contribution in [0.1, 0.15) is 200 Å². The molecule has 0 saturated carbocycles. The average molecular weight is 731 g/mol. The molecule has 4 N–H and O–H groups in total. The van der Waals surface area contributed by atoms with Crippen LogP contribution in [0.2, 0.25) is 0 Å². The lowest BCUT2D eigenvalue weighted by atomic mass is 9.99. The van der Waals surface area contributed by atoms with E-state index in [1.54, 1.807) is 0 Å². The van der Waals surface area contributed by atoms with E-state index in [1.807, 2.05) is 0 Å². The van der Waals surface area contributed by atoms with Gasteiger partial charge in [0.15, 0.2) is 6.29 Å². The highest BCUT2D eigenvalue weighted by Gasteiger charge is 2.44. The van der Waals surface area contributed by atoms with Gasteiger partial charge in [0.05, 0.1) is 19.8 Å². The van der Waals surface area contributed by atoms with E-state index in [0.29, 0.717) is 13.0 Å². The molecular weight excluding hydrogens is 648 g/mol. The van der Waals surface area contributed by atoms with Crippen molar-refractivity contribution in [3.05, 3.63) is 0 Å². The van der Waals surface area contributed by atoms with E-state index in [-0.39, 0.29) is 19.2 Å². The Balaban J connectivity index is 2.04. The van der Waals surface area contributed by atoms with Crippen molar-refractivity contribution in [3.8, 4) is 0 Å². The summed E-state index contributed by atoms with van der Waals surface area (Å²) in [6.45, 7) is 4.47. The fourth-order valence-corrected chi connectivity index (χ4v) is 6.85. The van der Waals surface area contributed by atoms with Gasteiger partial charge in [-0.2, -0.15) is 0 Å². The molecule has 1 aliphatic rings. The summed E-state index contributed by atoms with van der Waals surface area (Å²) in [5.74, 6) is -0.327. The zero-order valence-electron chi connectivity index (χ0n) is 33.1. The molecule has 0 aromatic rings. The number of ether oxygens (including phenoxy) is 4. The average Bonchev–Trinajstić information content (AvgIpc) is 3.13. The van der Waals surface area contributed by atoms with E-state index in [1.165, 1.54) is 141 Å². The Bertz CT molecular complexity index is 752. The molecule has 0 aliphatic carbocycles. The van der Waals surface area contributed by atoms with Crippen LogP contribution in [0.25, 0.3) is 0 Å². The van der Waals surface area contributed by atoms with Gasteiger partial charge in [-0.3, -0.25) is 4.79 Å². The lowest BCUT2D eigenvalue weighted by molar-refractivity contribution is -0.305. The normalized spacial score (nSPS) is 21.3. The number of carbonyl (C=O) groups is 1. The van der Waals surface area contributed by atoms with Crippen LogP contribution < -0.4 is 0 Å². The van der Waals surface area contributed by atoms with Crippen molar-refractivity contribution in [2.75, 3.05) is 26.4 Å². The van der Waals surface area contributed by atoms with Crippen LogP contribution in [0, 0.1) is 0 Å². The quantitative estimate of drug-likeness (QED) is 0.0365. The van der Waals surface area contributed by atoms with Crippen LogP contribution in [0.3, 0.4) is 0 Å². The van der Waals surface area contributed by atoms with E-state index in [9.17, 15) is 25.2 Å². The fourth-order valence-electron chi connectivity index (χ4n) is 6.85. The third kappa shape index (κ3) is 26.6. The highest BCUT2D eigenvalue weighted by Crippen LogP contribution is 2.23. The van der Waals surface area contributed by atoms with Crippen LogP contribution in [0.15, 0.2) is 0 Å². The van der Waals surface area contributed by atoms with Gasteiger partial charge in [0.2, 0.25) is 0 Å². The number of aliphatic hydroxyl groups excluding tert-OH is 4. The number of hydrogen-bond acceptors (Lipinski definition) is 9. The Morgan fingerprint density at radius 2 is 0.961 bits per heavy atom. The maximum absolute atomic E-state index is 12.5. The largest absolute Gasteiger partial charge is 0.457 e. The van der Waals surface area contributed by atoms with Gasteiger partial charge in [0, 0.05) is 13.0 Å². The second-order valence-electron chi connectivity index (χ2n) is 15.2. The Kier molecular flexibility index (Phi) is 33.0. The highest BCUT2D eigenvalue weighted by molar-refractivity contribution is 5.69. The Morgan fingerprint density at radius 1 is 0.549 bits per heavy atom. The predicted octanol–water partition coefficient (Wildman–Crippen LogP) is 9.08. The van der Waals surface area contributed by atoms with Gasteiger partial charge in [-0.15, -0.1) is 0 Å². The van der Waals surface area contributed by atoms with Crippen molar-refractivity contribution in [2.45, 2.75) is 237 Å². The van der Waals surface area contributed by atoms with Crippen LogP contribution in [-0.4, -0.2) is 89.6 Å². The van der Waals surface area contributed by atoms with Crippen molar-refractivity contribution in [3.63, 3.8) is 0 Å². The minimum Gasteiger partial charge on any atom is -0.457 e. The highest BCUT2D eigenvalue weighted by atomic mass is 16.7. The molecule has 1 aliphatic heterocycles. The predicted molar refractivity (Wildman–Crippen MR) is 206 cm³/mol. The van der Waals surface area contributed by atoms with Crippen LogP contribution in [0.4, 0.5) is 0 Å². The van der Waals surface area contributed by atoms with Crippen molar-refractivity contribution in [2.24, 2.45) is 0 Å². The standard InChI is InChI=1S/C42H82O9/c1-3-5-7-9-10-11-12-13-14-15-16-17-18-19-20-21-22-23-24-25-26-27-28-30-32-48-34-36(50-38(44)31-29-8-6-4-2)35-49-42-41(47)40(46)39(45)37(33-43)51-42/h36-37,39-43,45-47H,3-35H2,1-2H3. The van der Waals surface area contributed by atoms with E-state index in [4.69, 9.17) is 18.9 Å². The minimum absolute atomic E-state index is 0.108. The van der Waals surface area contributed by atoms with Gasteiger partial charge < -0.3 is 39.4 Å². The van der Waals surface area contributed by atoms with Crippen molar-refractivity contribution in [1.29, 1.82) is 0 Å². The smallest absolute Gasteiger partial charge is 0.306 e. The molecule has 0 bridgehead atoms. The summed E-state index contributed by atoms with van der Waals surface area (Å²) < 4.78 is 22.5. The van der Waals surface area contributed by atoms with Crippen molar-refractivity contribution in [1.82, 2.24) is 0 Å². The second kappa shape index (κ2) is 34.9. The summed E-state index contributed by atoms with van der Waals surface area (Å²) in [4.78, 5) is 12.5.